The number of para-hydroxylation sites is 1. The summed E-state index contributed by atoms with van der Waals surface area (Å²) in [4.78, 5) is 4.92. The van der Waals surface area contributed by atoms with E-state index in [-0.39, 0.29) is 0 Å². The molecule has 0 spiro atoms. The number of pyridine rings is 1. The van der Waals surface area contributed by atoms with E-state index in [1.165, 1.54) is 43.2 Å². The zero-order valence-corrected chi connectivity index (χ0v) is 17.2. The van der Waals surface area contributed by atoms with Gasteiger partial charge in [-0.3, -0.25) is 0 Å². The normalized spacial score (nSPS) is 11.2. The zero-order valence-electron chi connectivity index (χ0n) is 17.2. The minimum absolute atomic E-state index is 0.748. The van der Waals surface area contributed by atoms with Crippen LogP contribution >= 0.6 is 0 Å². The van der Waals surface area contributed by atoms with E-state index < -0.39 is 0 Å². The maximum absolute atomic E-state index is 6.46. The highest BCUT2D eigenvalue weighted by Crippen LogP contribution is 2.39. The molecule has 1 heterocycles. The van der Waals surface area contributed by atoms with Gasteiger partial charge in [0.2, 0.25) is 0 Å². The number of hydrogen-bond acceptors (Lipinski definition) is 2. The number of ether oxygens (including phenoxy) is 1. The zero-order chi connectivity index (χ0) is 19.9. The summed E-state index contributed by atoms with van der Waals surface area (Å²) in [5, 5.41) is 2.21. The second-order valence-electron chi connectivity index (χ2n) is 7.64. The first-order valence-electron chi connectivity index (χ1n) is 10.9. The molecule has 0 N–H and O–H groups in total. The molecule has 0 aliphatic carbocycles. The standard InChI is InChI=1S/C27H29NO/c1-2-3-4-5-6-12-20-29-27-23-16-10-11-18-24(23)28-25-19-13-17-22(26(25)27)21-14-8-7-9-15-21/h7-11,13-19H,2-6,12,20H2,1H3. The second-order valence-corrected chi connectivity index (χ2v) is 7.64. The molecule has 29 heavy (non-hydrogen) atoms. The Balaban J connectivity index is 1.71. The minimum Gasteiger partial charge on any atom is -0.492 e. The predicted molar refractivity (Wildman–Crippen MR) is 124 cm³/mol. The Morgan fingerprint density at radius 1 is 0.690 bits per heavy atom. The number of benzene rings is 3. The first kappa shape index (κ1) is 19.4. The fourth-order valence-electron chi connectivity index (χ4n) is 3.96. The Labute approximate surface area is 173 Å². The summed E-state index contributed by atoms with van der Waals surface area (Å²) in [5.41, 5.74) is 4.35. The maximum Gasteiger partial charge on any atom is 0.138 e. The maximum atomic E-state index is 6.46. The molecule has 0 bridgehead atoms. The summed E-state index contributed by atoms with van der Waals surface area (Å²) in [6.07, 6.45) is 7.57. The van der Waals surface area contributed by atoms with Gasteiger partial charge < -0.3 is 4.74 Å². The van der Waals surface area contributed by atoms with Crippen LogP contribution in [0, 0.1) is 0 Å². The summed E-state index contributed by atoms with van der Waals surface area (Å²) in [6.45, 7) is 3.01. The van der Waals surface area contributed by atoms with Gasteiger partial charge in [0, 0.05) is 5.39 Å². The lowest BCUT2D eigenvalue weighted by Crippen LogP contribution is -2.00. The largest absolute Gasteiger partial charge is 0.492 e. The lowest BCUT2D eigenvalue weighted by Gasteiger charge is -2.15. The lowest BCUT2D eigenvalue weighted by atomic mass is 9.98. The average molecular weight is 384 g/mol. The van der Waals surface area contributed by atoms with Crippen LogP contribution in [0.5, 0.6) is 5.75 Å². The number of hydrogen-bond donors (Lipinski definition) is 0. The molecule has 0 atom stereocenters. The highest BCUT2D eigenvalue weighted by Gasteiger charge is 2.14. The molecule has 0 unspecified atom stereocenters. The molecule has 4 aromatic rings. The van der Waals surface area contributed by atoms with Crippen molar-refractivity contribution < 1.29 is 4.74 Å². The Morgan fingerprint density at radius 2 is 1.41 bits per heavy atom. The third-order valence-electron chi connectivity index (χ3n) is 5.49. The molecule has 2 heteroatoms. The van der Waals surface area contributed by atoms with Crippen LogP contribution in [0.1, 0.15) is 45.4 Å². The van der Waals surface area contributed by atoms with Crippen molar-refractivity contribution in [2.75, 3.05) is 6.61 Å². The van der Waals surface area contributed by atoms with Gasteiger partial charge in [-0.1, -0.05) is 93.6 Å². The summed E-state index contributed by atoms with van der Waals surface area (Å²) >= 11 is 0. The molecule has 0 fully saturated rings. The van der Waals surface area contributed by atoms with Crippen molar-refractivity contribution in [2.24, 2.45) is 0 Å². The van der Waals surface area contributed by atoms with Gasteiger partial charge in [-0.05, 0) is 35.7 Å². The molecular weight excluding hydrogens is 354 g/mol. The van der Waals surface area contributed by atoms with Gasteiger partial charge in [0.25, 0.3) is 0 Å². The second kappa shape index (κ2) is 9.56. The third kappa shape index (κ3) is 4.42. The van der Waals surface area contributed by atoms with Crippen molar-refractivity contribution in [2.45, 2.75) is 45.4 Å². The third-order valence-corrected chi connectivity index (χ3v) is 5.49. The van der Waals surface area contributed by atoms with Gasteiger partial charge >= 0.3 is 0 Å². The molecular formula is C27H29NO. The molecule has 1 aromatic heterocycles. The van der Waals surface area contributed by atoms with Crippen molar-refractivity contribution in [1.82, 2.24) is 4.98 Å². The fraction of sp³-hybridized carbons (Fsp3) is 0.296. The predicted octanol–water partition coefficient (Wildman–Crippen LogP) is 7.79. The summed E-state index contributed by atoms with van der Waals surface area (Å²) < 4.78 is 6.46. The number of unbranched alkanes of at least 4 members (excludes halogenated alkanes) is 5. The molecule has 0 aliphatic rings. The molecule has 0 amide bonds. The highest BCUT2D eigenvalue weighted by atomic mass is 16.5. The van der Waals surface area contributed by atoms with E-state index in [2.05, 4.69) is 73.7 Å². The van der Waals surface area contributed by atoms with Crippen LogP contribution in [-0.2, 0) is 0 Å². The van der Waals surface area contributed by atoms with Crippen LogP contribution in [0.15, 0.2) is 72.8 Å². The van der Waals surface area contributed by atoms with E-state index in [4.69, 9.17) is 9.72 Å². The molecule has 0 radical (unpaired) electrons. The van der Waals surface area contributed by atoms with E-state index in [1.54, 1.807) is 0 Å². The monoisotopic (exact) mass is 383 g/mol. The number of aromatic nitrogens is 1. The molecule has 2 nitrogen and oxygen atoms in total. The van der Waals surface area contributed by atoms with Gasteiger partial charge in [-0.2, -0.15) is 0 Å². The highest BCUT2D eigenvalue weighted by molar-refractivity contribution is 6.07. The van der Waals surface area contributed by atoms with Crippen LogP contribution in [0.4, 0.5) is 0 Å². The van der Waals surface area contributed by atoms with E-state index in [0.717, 1.165) is 40.6 Å². The van der Waals surface area contributed by atoms with Gasteiger partial charge in [-0.25, -0.2) is 4.98 Å². The van der Waals surface area contributed by atoms with Gasteiger partial charge in [0.15, 0.2) is 0 Å². The molecule has 0 saturated carbocycles. The van der Waals surface area contributed by atoms with Gasteiger partial charge in [-0.15, -0.1) is 0 Å². The summed E-state index contributed by atoms with van der Waals surface area (Å²) in [6, 6.07) is 25.2. The quantitative estimate of drug-likeness (QED) is 0.217. The Bertz CT molecular complexity index is 1070. The van der Waals surface area contributed by atoms with Crippen molar-refractivity contribution in [3.05, 3.63) is 72.8 Å². The van der Waals surface area contributed by atoms with Crippen LogP contribution < -0.4 is 4.74 Å². The summed E-state index contributed by atoms with van der Waals surface area (Å²) in [5.74, 6) is 0.971. The van der Waals surface area contributed by atoms with Crippen molar-refractivity contribution in [3.8, 4) is 16.9 Å². The Kier molecular flexibility index (Phi) is 6.41. The fourth-order valence-corrected chi connectivity index (χ4v) is 3.96. The van der Waals surface area contributed by atoms with Crippen molar-refractivity contribution in [3.63, 3.8) is 0 Å². The van der Waals surface area contributed by atoms with Crippen molar-refractivity contribution >= 4 is 21.8 Å². The number of fused-ring (bicyclic) bond motifs is 2. The molecule has 4 rings (SSSR count). The van der Waals surface area contributed by atoms with Gasteiger partial charge in [0.05, 0.1) is 23.0 Å². The van der Waals surface area contributed by atoms with Crippen LogP contribution in [-0.4, -0.2) is 11.6 Å². The Hall–Kier alpha value is -2.87. The number of nitrogens with zero attached hydrogens (tertiary/aromatic N) is 1. The van der Waals surface area contributed by atoms with Crippen LogP contribution in [0.2, 0.25) is 0 Å². The van der Waals surface area contributed by atoms with E-state index >= 15 is 0 Å². The molecule has 3 aromatic carbocycles. The SMILES string of the molecule is CCCCCCCCOc1c2ccccc2nc2cccc(-c3ccccc3)c12. The smallest absolute Gasteiger partial charge is 0.138 e. The van der Waals surface area contributed by atoms with E-state index in [1.807, 2.05) is 6.07 Å². The van der Waals surface area contributed by atoms with E-state index in [0.29, 0.717) is 0 Å². The summed E-state index contributed by atoms with van der Waals surface area (Å²) in [7, 11) is 0. The first-order valence-corrected chi connectivity index (χ1v) is 10.9. The number of rotatable bonds is 9. The topological polar surface area (TPSA) is 22.1 Å². The minimum atomic E-state index is 0.748. The van der Waals surface area contributed by atoms with E-state index in [9.17, 15) is 0 Å². The average Bonchev–Trinajstić information content (AvgIpc) is 2.78. The Morgan fingerprint density at radius 3 is 2.28 bits per heavy atom. The first-order chi connectivity index (χ1) is 14.4. The molecule has 0 aliphatic heterocycles. The molecule has 0 saturated heterocycles. The lowest BCUT2D eigenvalue weighted by molar-refractivity contribution is 0.311. The van der Waals surface area contributed by atoms with Crippen LogP contribution in [0.25, 0.3) is 32.9 Å². The van der Waals surface area contributed by atoms with Crippen molar-refractivity contribution in [1.29, 1.82) is 0 Å². The molecule has 148 valence electrons. The van der Waals surface area contributed by atoms with Gasteiger partial charge in [0.1, 0.15) is 5.75 Å². The van der Waals surface area contributed by atoms with Crippen LogP contribution in [0.3, 0.4) is 0 Å².